The lowest BCUT2D eigenvalue weighted by atomic mass is 9.72. The molecular weight excluding hydrogens is 692 g/mol. The predicted molar refractivity (Wildman–Crippen MR) is 208 cm³/mol. The molecule has 9 nitrogen and oxygen atoms in total. The van der Waals surface area contributed by atoms with Crippen LogP contribution in [-0.4, -0.2) is 94.5 Å². The third-order valence-electron chi connectivity index (χ3n) is 14.6. The van der Waals surface area contributed by atoms with Crippen molar-refractivity contribution in [3.63, 3.8) is 0 Å². The van der Waals surface area contributed by atoms with E-state index in [1.165, 1.54) is 89.8 Å². The molecule has 6 fully saturated rings. The number of carbonyl (C=O) groups is 2. The van der Waals surface area contributed by atoms with E-state index in [1.54, 1.807) is 18.2 Å². The molecule has 3 N–H and O–H groups in total. The van der Waals surface area contributed by atoms with E-state index >= 15 is 0 Å². The Morgan fingerprint density at radius 2 is 1.87 bits per heavy atom. The number of benzene rings is 2. The Morgan fingerprint density at radius 3 is 2.65 bits per heavy atom. The maximum Gasteiger partial charge on any atom is 0.255 e. The molecule has 0 radical (unpaired) electrons. The van der Waals surface area contributed by atoms with Crippen molar-refractivity contribution in [2.24, 2.45) is 28.6 Å². The number of Topliss-reactive ketones (excluding diaryl/α,β-unsaturated/α-hetero) is 1. The molecule has 1 aliphatic heterocycles. The van der Waals surface area contributed by atoms with Gasteiger partial charge in [-0.25, -0.2) is 9.37 Å². The number of aromatic nitrogens is 2. The second-order valence-electron chi connectivity index (χ2n) is 17.4. The summed E-state index contributed by atoms with van der Waals surface area (Å²) >= 11 is 0. The van der Waals surface area contributed by atoms with Crippen LogP contribution in [0.25, 0.3) is 11.0 Å². The number of piperazine rings is 1. The number of aliphatic hydroxyl groups is 1. The lowest BCUT2D eigenvalue weighted by molar-refractivity contribution is -0.124. The molecule has 10 rings (SSSR count). The van der Waals surface area contributed by atoms with E-state index in [0.29, 0.717) is 23.4 Å². The van der Waals surface area contributed by atoms with Crippen LogP contribution in [0.2, 0.25) is 0 Å². The Bertz CT molecular complexity index is 2170. The van der Waals surface area contributed by atoms with Crippen LogP contribution in [0, 0.1) is 46.2 Å². The number of nitrogens with zero attached hydrogens (tertiary/aromatic N) is 4. The van der Waals surface area contributed by atoms with Crippen LogP contribution in [0.1, 0.15) is 62.5 Å². The average molecular weight is 741 g/mol. The molecule has 7 aliphatic rings. The molecule has 2 spiro atoms. The summed E-state index contributed by atoms with van der Waals surface area (Å²) in [6.45, 7) is 6.16. The monoisotopic (exact) mass is 740 g/mol. The third-order valence-corrected chi connectivity index (χ3v) is 14.6. The highest BCUT2D eigenvalue weighted by atomic mass is 19.1. The van der Waals surface area contributed by atoms with Gasteiger partial charge in [-0.3, -0.25) is 19.5 Å². The molecule has 55 heavy (non-hydrogen) atoms. The van der Waals surface area contributed by atoms with Crippen molar-refractivity contribution in [3.8, 4) is 11.8 Å². The number of nitrogens with one attached hydrogen (secondary N) is 2. The van der Waals surface area contributed by atoms with E-state index in [9.17, 15) is 19.1 Å². The standard InChI is InChI=1S/C45H49FN6O3/c46-32-7-3-6-31(24-32)45(28-53)41-39-40(54)34(8-1-2-15-44(39,41)45)42(55)47-18-4-5-29-11-12-35-36(23-29)49-38(26-48-35)50-37-25-43(37)16-13-33(14-17-43)52-21-19-51(20-22-52)27-30-9-10-30/h1-3,6-8,11-12,23-24,26,30,33,37,39,41,53H,9-10,13-22,25,27-28H2,(H,47,55)(H,49,50)/b2-1-,34-8+/t33?,37-,39?,41-,43?,44?,45+/m0/s1. The number of carbonyl (C=O) groups excluding carboxylic acids is 2. The highest BCUT2D eigenvalue weighted by Gasteiger charge is 2.96. The fourth-order valence-corrected chi connectivity index (χ4v) is 11.1. The number of hydrogen-bond acceptors (Lipinski definition) is 8. The number of allylic oxidation sites excluding steroid dienone is 3. The minimum absolute atomic E-state index is 0.0723. The van der Waals surface area contributed by atoms with Gasteiger partial charge in [0.15, 0.2) is 5.78 Å². The van der Waals surface area contributed by atoms with Gasteiger partial charge in [-0.15, -0.1) is 0 Å². The first-order chi connectivity index (χ1) is 26.8. The van der Waals surface area contributed by atoms with Crippen molar-refractivity contribution in [3.05, 3.63) is 89.4 Å². The SMILES string of the molecule is O=C(NCC#Cc1ccc2ncc(N[C@H]3CC34CCC(N3CCN(CC5CC5)CC3)CC4)nc2c1)/C1=C/C=C\CC23C(C1=O)[C@@H]2[C@@]3(CO)c1cccc(F)c1. The normalized spacial score (nSPS) is 35.2. The maximum absolute atomic E-state index is 14.1. The number of ketones is 1. The molecule has 1 aromatic heterocycles. The van der Waals surface area contributed by atoms with Crippen LogP contribution in [0.3, 0.4) is 0 Å². The Labute approximate surface area is 321 Å². The smallest absolute Gasteiger partial charge is 0.255 e. The zero-order valence-corrected chi connectivity index (χ0v) is 31.3. The molecule has 2 aromatic carbocycles. The zero-order valence-electron chi connectivity index (χ0n) is 31.3. The molecule has 0 bridgehead atoms. The summed E-state index contributed by atoms with van der Waals surface area (Å²) in [7, 11) is 0. The van der Waals surface area contributed by atoms with Gasteiger partial charge in [0.2, 0.25) is 0 Å². The number of halogens is 1. The largest absolute Gasteiger partial charge is 0.395 e. The predicted octanol–water partition coefficient (Wildman–Crippen LogP) is 5.01. The van der Waals surface area contributed by atoms with Crippen molar-refractivity contribution in [2.45, 2.75) is 68.9 Å². The second-order valence-corrected chi connectivity index (χ2v) is 17.4. The zero-order chi connectivity index (χ0) is 37.4. The number of anilines is 1. The first-order valence-corrected chi connectivity index (χ1v) is 20.4. The van der Waals surface area contributed by atoms with Crippen LogP contribution in [0.4, 0.5) is 10.2 Å². The molecule has 284 valence electrons. The second kappa shape index (κ2) is 13.4. The topological polar surface area (TPSA) is 111 Å². The lowest BCUT2D eigenvalue weighted by Crippen LogP contribution is -2.51. The summed E-state index contributed by atoms with van der Waals surface area (Å²) in [4.78, 5) is 41.9. The summed E-state index contributed by atoms with van der Waals surface area (Å²) < 4.78 is 14.1. The highest BCUT2D eigenvalue weighted by molar-refractivity contribution is 6.22. The number of rotatable bonds is 9. The number of aliphatic hydroxyl groups excluding tert-OH is 1. The molecule has 10 heteroatoms. The summed E-state index contributed by atoms with van der Waals surface area (Å²) in [5.74, 6) is 6.37. The van der Waals surface area contributed by atoms with E-state index < -0.39 is 16.7 Å². The highest BCUT2D eigenvalue weighted by Crippen LogP contribution is 2.92. The molecule has 2 unspecified atom stereocenters. The first kappa shape index (κ1) is 35.0. The first-order valence-electron chi connectivity index (χ1n) is 20.4. The van der Waals surface area contributed by atoms with Gasteiger partial charge in [0.1, 0.15) is 11.6 Å². The molecular formula is C45H49FN6O3. The molecule has 5 atom stereocenters. The fourth-order valence-electron chi connectivity index (χ4n) is 11.1. The van der Waals surface area contributed by atoms with Crippen molar-refractivity contribution >= 4 is 28.5 Å². The third kappa shape index (κ3) is 6.01. The van der Waals surface area contributed by atoms with Crippen LogP contribution in [-0.2, 0) is 15.0 Å². The summed E-state index contributed by atoms with van der Waals surface area (Å²) in [6.07, 6.45) is 16.9. The van der Waals surface area contributed by atoms with Crippen molar-refractivity contribution in [1.82, 2.24) is 25.1 Å². The van der Waals surface area contributed by atoms with E-state index in [2.05, 4.69) is 37.3 Å². The van der Waals surface area contributed by atoms with Crippen LogP contribution >= 0.6 is 0 Å². The van der Waals surface area contributed by atoms with Crippen LogP contribution in [0.5, 0.6) is 0 Å². The molecule has 5 saturated carbocycles. The Kier molecular flexibility index (Phi) is 8.50. The quantitative estimate of drug-likeness (QED) is 0.208. The molecule has 1 amide bonds. The molecule has 1 saturated heterocycles. The number of hydrogen-bond donors (Lipinski definition) is 3. The molecule has 6 aliphatic carbocycles. The summed E-state index contributed by atoms with van der Waals surface area (Å²) in [6, 6.07) is 13.2. The van der Waals surface area contributed by atoms with E-state index in [0.717, 1.165) is 34.4 Å². The lowest BCUT2D eigenvalue weighted by Gasteiger charge is -2.42. The van der Waals surface area contributed by atoms with Crippen molar-refractivity contribution in [1.29, 1.82) is 0 Å². The van der Waals surface area contributed by atoms with Gasteiger partial charge in [-0.05, 0) is 111 Å². The fraction of sp³-hybridized carbons (Fsp3) is 0.511. The maximum atomic E-state index is 14.1. The molecule has 3 aromatic rings. The van der Waals surface area contributed by atoms with Gasteiger partial charge >= 0.3 is 0 Å². The Hall–Kier alpha value is -4.43. The Morgan fingerprint density at radius 1 is 1.04 bits per heavy atom. The van der Waals surface area contributed by atoms with Gasteiger partial charge in [-0.2, -0.15) is 0 Å². The van der Waals surface area contributed by atoms with E-state index in [-0.39, 0.29) is 42.2 Å². The van der Waals surface area contributed by atoms with E-state index in [4.69, 9.17) is 4.98 Å². The average Bonchev–Trinajstić information content (AvgIpc) is 4.10. The van der Waals surface area contributed by atoms with Crippen LogP contribution < -0.4 is 10.6 Å². The number of fused-ring (bicyclic) bond motifs is 2. The van der Waals surface area contributed by atoms with Gasteiger partial charge in [-0.1, -0.05) is 36.1 Å². The van der Waals surface area contributed by atoms with Gasteiger partial charge in [0.25, 0.3) is 5.91 Å². The van der Waals surface area contributed by atoms with Crippen molar-refractivity contribution in [2.75, 3.05) is 51.2 Å². The van der Waals surface area contributed by atoms with Gasteiger partial charge in [0.05, 0.1) is 36.0 Å². The minimum atomic E-state index is -0.657. The number of amides is 1. The van der Waals surface area contributed by atoms with Gasteiger partial charge in [0, 0.05) is 67.1 Å². The van der Waals surface area contributed by atoms with Crippen LogP contribution in [0.15, 0.2) is 72.5 Å². The Balaban J connectivity index is 0.721. The van der Waals surface area contributed by atoms with Crippen molar-refractivity contribution < 1.29 is 19.1 Å². The summed E-state index contributed by atoms with van der Waals surface area (Å²) in [5.41, 5.74) is 2.38. The van der Waals surface area contributed by atoms with Gasteiger partial charge < -0.3 is 20.6 Å². The molecule has 2 heterocycles. The minimum Gasteiger partial charge on any atom is -0.395 e. The summed E-state index contributed by atoms with van der Waals surface area (Å²) in [5, 5.41) is 16.9. The van der Waals surface area contributed by atoms with E-state index in [1.807, 2.05) is 36.5 Å².